The van der Waals surface area contributed by atoms with Gasteiger partial charge in [0, 0.05) is 14.1 Å². The van der Waals surface area contributed by atoms with Gasteiger partial charge >= 0.3 is 0 Å². The van der Waals surface area contributed by atoms with E-state index in [0.717, 1.165) is 12.6 Å². The van der Waals surface area contributed by atoms with Crippen molar-refractivity contribution in [1.82, 2.24) is 10.0 Å². The smallest absolute Gasteiger partial charge is 0.135 e. The van der Waals surface area contributed by atoms with Crippen LogP contribution in [0.3, 0.4) is 0 Å². The molecule has 0 radical (unpaired) electrons. The van der Waals surface area contributed by atoms with Gasteiger partial charge in [-0.25, -0.2) is 10.0 Å². The fourth-order valence-electron chi connectivity index (χ4n) is 0.495. The average Bonchev–Trinajstić information content (AvgIpc) is 1.89. The maximum atomic E-state index is 9.97. The normalized spacial score (nSPS) is 10.4. The molecule has 0 atom stereocenters. The summed E-state index contributed by atoms with van der Waals surface area (Å²) in [5.41, 5.74) is 0. The Morgan fingerprint density at radius 1 is 1.00 bits per heavy atom. The summed E-state index contributed by atoms with van der Waals surface area (Å²) in [5, 5.41) is 3.34. The van der Waals surface area contributed by atoms with Crippen molar-refractivity contribution in [3.8, 4) is 0 Å². The zero-order valence-electron chi connectivity index (χ0n) is 6.28. The molecule has 10 heavy (non-hydrogen) atoms. The molecule has 0 amide bonds. The third-order valence-electron chi connectivity index (χ3n) is 1.26. The molecule has 0 fully saturated rings. The van der Waals surface area contributed by atoms with Gasteiger partial charge in [-0.2, -0.15) is 0 Å². The summed E-state index contributed by atoms with van der Waals surface area (Å²) in [6.07, 6.45) is 1.59. The number of rotatable bonds is 5. The number of carbonyl (C=O) groups excluding carboxylic acids is 2. The molecule has 0 heterocycles. The van der Waals surface area contributed by atoms with E-state index >= 15 is 0 Å². The van der Waals surface area contributed by atoms with Crippen LogP contribution in [0.5, 0.6) is 0 Å². The number of hydrogen-bond acceptors (Lipinski definition) is 4. The summed E-state index contributed by atoms with van der Waals surface area (Å²) in [7, 11) is 3.50. The Bertz CT molecular complexity index is 102. The van der Waals surface area contributed by atoms with E-state index < -0.39 is 0 Å². The van der Waals surface area contributed by atoms with E-state index in [-0.39, 0.29) is 0 Å². The van der Waals surface area contributed by atoms with Crippen molar-refractivity contribution in [2.24, 2.45) is 0 Å². The van der Waals surface area contributed by atoms with Gasteiger partial charge in [0.05, 0.1) is 13.1 Å². The molecule has 0 saturated heterocycles. The maximum absolute atomic E-state index is 9.97. The molecule has 0 aromatic heterocycles. The molecule has 58 valence electrons. The van der Waals surface area contributed by atoms with Crippen molar-refractivity contribution in [3.05, 3.63) is 0 Å². The van der Waals surface area contributed by atoms with E-state index in [1.807, 2.05) is 0 Å². The number of aldehydes is 2. The third kappa shape index (κ3) is 3.32. The molecule has 0 aliphatic carbocycles. The molecule has 0 aliphatic heterocycles. The molecule has 0 aliphatic rings. The van der Waals surface area contributed by atoms with Gasteiger partial charge in [0.2, 0.25) is 0 Å². The first-order valence-corrected chi connectivity index (χ1v) is 3.01. The predicted octanol–water partition coefficient (Wildman–Crippen LogP) is -0.837. The molecule has 0 aromatic rings. The average molecular weight is 144 g/mol. The first-order valence-electron chi connectivity index (χ1n) is 3.01. The predicted molar refractivity (Wildman–Crippen MR) is 37.4 cm³/mol. The molecule has 0 bridgehead atoms. The van der Waals surface area contributed by atoms with Gasteiger partial charge in [-0.1, -0.05) is 0 Å². The maximum Gasteiger partial charge on any atom is 0.135 e. The number of hydrogen-bond donors (Lipinski definition) is 0. The van der Waals surface area contributed by atoms with Gasteiger partial charge in [0.25, 0.3) is 0 Å². The summed E-state index contributed by atoms with van der Waals surface area (Å²) >= 11 is 0. The van der Waals surface area contributed by atoms with Gasteiger partial charge in [-0.3, -0.25) is 0 Å². The summed E-state index contributed by atoms with van der Waals surface area (Å²) in [6, 6.07) is 0. The Hall–Kier alpha value is -0.740. The van der Waals surface area contributed by atoms with E-state index in [1.54, 1.807) is 24.1 Å². The van der Waals surface area contributed by atoms with Crippen molar-refractivity contribution in [2.45, 2.75) is 0 Å². The van der Waals surface area contributed by atoms with Crippen LogP contribution in [0.2, 0.25) is 0 Å². The largest absolute Gasteiger partial charge is 0.302 e. The van der Waals surface area contributed by atoms with E-state index in [2.05, 4.69) is 0 Å². The zero-order chi connectivity index (χ0) is 7.98. The van der Waals surface area contributed by atoms with E-state index in [0.29, 0.717) is 13.1 Å². The Balaban J connectivity index is 3.56. The fourth-order valence-corrected chi connectivity index (χ4v) is 0.495. The highest BCUT2D eigenvalue weighted by Gasteiger charge is 2.01. The second kappa shape index (κ2) is 5.08. The monoisotopic (exact) mass is 144 g/mol. The molecule has 0 spiro atoms. The van der Waals surface area contributed by atoms with Crippen LogP contribution in [0.25, 0.3) is 0 Å². The van der Waals surface area contributed by atoms with Crippen molar-refractivity contribution < 1.29 is 9.59 Å². The van der Waals surface area contributed by atoms with Gasteiger partial charge in [0.1, 0.15) is 12.6 Å². The Morgan fingerprint density at radius 3 is 1.50 bits per heavy atom. The lowest BCUT2D eigenvalue weighted by molar-refractivity contribution is -0.117. The van der Waals surface area contributed by atoms with E-state index in [9.17, 15) is 9.59 Å². The number of carbonyl (C=O) groups is 2. The molecule has 4 heteroatoms. The summed E-state index contributed by atoms with van der Waals surface area (Å²) in [4.78, 5) is 19.9. The van der Waals surface area contributed by atoms with Crippen LogP contribution in [0, 0.1) is 0 Å². The minimum atomic E-state index is 0.324. The van der Waals surface area contributed by atoms with Crippen LogP contribution < -0.4 is 0 Å². The molecule has 0 N–H and O–H groups in total. The lowest BCUT2D eigenvalue weighted by Gasteiger charge is -2.23. The Kier molecular flexibility index (Phi) is 4.70. The molecule has 0 rings (SSSR count). The molecule has 0 aromatic carbocycles. The molecule has 0 saturated carbocycles. The minimum absolute atomic E-state index is 0.324. The van der Waals surface area contributed by atoms with Gasteiger partial charge < -0.3 is 9.59 Å². The first-order chi connectivity index (χ1) is 4.72. The first kappa shape index (κ1) is 9.26. The lowest BCUT2D eigenvalue weighted by Crippen LogP contribution is -2.38. The highest BCUT2D eigenvalue weighted by Crippen LogP contribution is 1.84. The van der Waals surface area contributed by atoms with Crippen LogP contribution in [0.1, 0.15) is 0 Å². The quantitative estimate of drug-likeness (QED) is 0.373. The Labute approximate surface area is 60.4 Å². The van der Waals surface area contributed by atoms with Crippen LogP contribution in [0.15, 0.2) is 0 Å². The van der Waals surface area contributed by atoms with E-state index in [1.165, 1.54) is 0 Å². The standard InChI is InChI=1S/C6H12N2O2/c1-7(3-5-9)8(2)4-6-10/h5-6H,3-4H2,1-2H3. The van der Waals surface area contributed by atoms with Crippen molar-refractivity contribution in [1.29, 1.82) is 0 Å². The molecule has 0 unspecified atom stereocenters. The van der Waals surface area contributed by atoms with Gasteiger partial charge in [-0.15, -0.1) is 0 Å². The number of likely N-dealkylation sites (N-methyl/N-ethyl adjacent to an activating group) is 2. The second-order valence-corrected chi connectivity index (χ2v) is 2.01. The third-order valence-corrected chi connectivity index (χ3v) is 1.26. The number of hydrazine groups is 1. The topological polar surface area (TPSA) is 40.6 Å². The van der Waals surface area contributed by atoms with Gasteiger partial charge in [-0.05, 0) is 0 Å². The summed E-state index contributed by atoms with van der Waals surface area (Å²) < 4.78 is 0. The highest BCUT2D eigenvalue weighted by atomic mass is 16.1. The highest BCUT2D eigenvalue weighted by molar-refractivity contribution is 5.53. The second-order valence-electron chi connectivity index (χ2n) is 2.01. The summed E-state index contributed by atoms with van der Waals surface area (Å²) in [5.74, 6) is 0. The van der Waals surface area contributed by atoms with Crippen molar-refractivity contribution >= 4 is 12.6 Å². The van der Waals surface area contributed by atoms with Crippen LogP contribution in [0.4, 0.5) is 0 Å². The van der Waals surface area contributed by atoms with Crippen LogP contribution in [-0.4, -0.2) is 49.8 Å². The summed E-state index contributed by atoms with van der Waals surface area (Å²) in [6.45, 7) is 0.648. The van der Waals surface area contributed by atoms with Crippen LogP contribution in [-0.2, 0) is 9.59 Å². The van der Waals surface area contributed by atoms with Crippen LogP contribution >= 0.6 is 0 Å². The van der Waals surface area contributed by atoms with Crippen molar-refractivity contribution in [3.63, 3.8) is 0 Å². The van der Waals surface area contributed by atoms with E-state index in [4.69, 9.17) is 0 Å². The Morgan fingerprint density at radius 2 is 1.30 bits per heavy atom. The SMILES string of the molecule is CN(CC=O)N(C)CC=O. The molecule has 4 nitrogen and oxygen atoms in total. The minimum Gasteiger partial charge on any atom is -0.302 e. The molecular formula is C6H12N2O2. The number of nitrogens with zero attached hydrogens (tertiary/aromatic N) is 2. The lowest BCUT2D eigenvalue weighted by atomic mass is 10.6. The van der Waals surface area contributed by atoms with Gasteiger partial charge in [0.15, 0.2) is 0 Å². The fraction of sp³-hybridized carbons (Fsp3) is 0.667. The van der Waals surface area contributed by atoms with Crippen molar-refractivity contribution in [2.75, 3.05) is 27.2 Å². The molecular weight excluding hydrogens is 132 g/mol. The zero-order valence-corrected chi connectivity index (χ0v) is 6.28.